The van der Waals surface area contributed by atoms with Gasteiger partial charge in [0.2, 0.25) is 0 Å². The minimum atomic E-state index is -3.55. The van der Waals surface area contributed by atoms with Gasteiger partial charge in [0.25, 0.3) is 0 Å². The number of ether oxygens (including phenoxy) is 3. The Morgan fingerprint density at radius 1 is 1.00 bits per heavy atom. The lowest BCUT2D eigenvalue weighted by atomic mass is 10.1. The van der Waals surface area contributed by atoms with Gasteiger partial charge in [-0.25, -0.2) is 4.79 Å². The van der Waals surface area contributed by atoms with Crippen molar-refractivity contribution in [3.63, 3.8) is 0 Å². The van der Waals surface area contributed by atoms with Crippen molar-refractivity contribution in [1.82, 2.24) is 4.57 Å². The summed E-state index contributed by atoms with van der Waals surface area (Å²) in [6, 6.07) is 14.2. The average Bonchev–Trinajstić information content (AvgIpc) is 3.13. The molecule has 0 unspecified atom stereocenters. The van der Waals surface area contributed by atoms with Gasteiger partial charge in [0.05, 0.1) is 19.5 Å². The molecule has 9 heteroatoms. The Morgan fingerprint density at radius 2 is 1.67 bits per heavy atom. The predicted octanol–water partition coefficient (Wildman–Crippen LogP) is 4.17. The topological polar surface area (TPSA) is 93.1 Å². The Kier molecular flexibility index (Phi) is 7.53. The summed E-state index contributed by atoms with van der Waals surface area (Å²) < 4.78 is 46.2. The third kappa shape index (κ3) is 6.89. The van der Waals surface area contributed by atoms with Gasteiger partial charge in [-0.3, -0.25) is 0 Å². The third-order valence-corrected chi connectivity index (χ3v) is 5.26. The van der Waals surface area contributed by atoms with E-state index < -0.39 is 21.7 Å². The number of hydrogen-bond acceptors (Lipinski definition) is 7. The van der Waals surface area contributed by atoms with E-state index in [2.05, 4.69) is 4.57 Å². The van der Waals surface area contributed by atoms with Crippen LogP contribution in [0.15, 0.2) is 54.7 Å². The maximum Gasteiger partial charge on any atom is 0.349 e. The van der Waals surface area contributed by atoms with E-state index in [4.69, 9.17) is 18.4 Å². The lowest BCUT2D eigenvalue weighted by molar-refractivity contribution is -0.158. The Balaban J connectivity index is 1.50. The van der Waals surface area contributed by atoms with Crippen molar-refractivity contribution < 1.29 is 31.6 Å². The molecule has 8 nitrogen and oxygen atoms in total. The third-order valence-electron chi connectivity index (χ3n) is 4.77. The first kappa shape index (κ1) is 24.4. The molecule has 3 aromatic rings. The molecule has 0 saturated heterocycles. The highest BCUT2D eigenvalue weighted by Crippen LogP contribution is 2.24. The fraction of sp³-hybridized carbons (Fsp3) is 0.375. The molecule has 0 radical (unpaired) electrons. The maximum absolute atomic E-state index is 12.0. The number of carbonyl (C=O) groups excluding carboxylic acids is 1. The molecule has 1 aromatic heterocycles. The number of fused-ring (bicyclic) bond motifs is 1. The van der Waals surface area contributed by atoms with Gasteiger partial charge in [-0.1, -0.05) is 0 Å². The molecule has 0 aliphatic heterocycles. The van der Waals surface area contributed by atoms with E-state index in [1.54, 1.807) is 57.2 Å². The number of nitrogens with zero attached hydrogens (tertiary/aromatic N) is 1. The second-order valence-electron chi connectivity index (χ2n) is 8.02. The first-order valence-electron chi connectivity index (χ1n) is 10.6. The number of esters is 1. The molecular formula is C24H29NO7S. The van der Waals surface area contributed by atoms with E-state index in [1.807, 2.05) is 18.3 Å². The van der Waals surface area contributed by atoms with E-state index in [-0.39, 0.29) is 0 Å². The zero-order valence-electron chi connectivity index (χ0n) is 19.2. The molecule has 178 valence electrons. The summed E-state index contributed by atoms with van der Waals surface area (Å²) in [4.78, 5) is 12.0. The normalized spacial score (nSPS) is 11.9. The maximum atomic E-state index is 12.0. The highest BCUT2D eigenvalue weighted by atomic mass is 32.2. The van der Waals surface area contributed by atoms with Gasteiger partial charge in [0.1, 0.15) is 17.2 Å². The second kappa shape index (κ2) is 10.2. The lowest BCUT2D eigenvalue weighted by Crippen LogP contribution is -2.39. The molecule has 0 aliphatic carbocycles. The minimum Gasteiger partial charge on any atom is -0.494 e. The summed E-state index contributed by atoms with van der Waals surface area (Å²) in [6.07, 6.45) is 3.75. The first-order chi connectivity index (χ1) is 15.6. The SMILES string of the molecule is CCOC(=O)C(C)(C)Oc1ccc(OCCCn2ccc3cc(OS(C)(=O)=O)ccc32)cc1. The fourth-order valence-electron chi connectivity index (χ4n) is 3.27. The van der Waals surface area contributed by atoms with Gasteiger partial charge in [0, 0.05) is 23.6 Å². The molecular weight excluding hydrogens is 446 g/mol. The van der Waals surface area contributed by atoms with Gasteiger partial charge >= 0.3 is 16.1 Å². The van der Waals surface area contributed by atoms with Crippen LogP contribution in [0.4, 0.5) is 0 Å². The monoisotopic (exact) mass is 475 g/mol. The zero-order valence-corrected chi connectivity index (χ0v) is 20.1. The lowest BCUT2D eigenvalue weighted by Gasteiger charge is -2.24. The van der Waals surface area contributed by atoms with Gasteiger partial charge in [-0.2, -0.15) is 8.42 Å². The average molecular weight is 476 g/mol. The van der Waals surface area contributed by atoms with Gasteiger partial charge in [0.15, 0.2) is 5.60 Å². The Labute approximate surface area is 194 Å². The van der Waals surface area contributed by atoms with Gasteiger partial charge in [-0.05, 0) is 75.7 Å². The molecule has 2 aromatic carbocycles. The highest BCUT2D eigenvalue weighted by molar-refractivity contribution is 7.86. The Bertz CT molecular complexity index is 1200. The molecule has 33 heavy (non-hydrogen) atoms. The zero-order chi connectivity index (χ0) is 24.1. The number of aromatic nitrogens is 1. The van der Waals surface area contributed by atoms with Crippen LogP contribution < -0.4 is 13.7 Å². The summed E-state index contributed by atoms with van der Waals surface area (Å²) in [7, 11) is -3.55. The fourth-order valence-corrected chi connectivity index (χ4v) is 3.72. The number of benzene rings is 2. The molecule has 0 saturated carbocycles. The van der Waals surface area contributed by atoms with E-state index in [1.165, 1.54) is 0 Å². The van der Waals surface area contributed by atoms with Crippen LogP contribution in [0.25, 0.3) is 10.9 Å². The van der Waals surface area contributed by atoms with Crippen LogP contribution in [0.1, 0.15) is 27.2 Å². The number of rotatable bonds is 11. The van der Waals surface area contributed by atoms with Crippen LogP contribution in [0.2, 0.25) is 0 Å². The van der Waals surface area contributed by atoms with Gasteiger partial charge in [-0.15, -0.1) is 0 Å². The van der Waals surface area contributed by atoms with Gasteiger partial charge < -0.3 is 23.0 Å². The molecule has 3 rings (SSSR count). The van der Waals surface area contributed by atoms with E-state index in [0.717, 1.165) is 30.1 Å². The smallest absolute Gasteiger partial charge is 0.349 e. The summed E-state index contributed by atoms with van der Waals surface area (Å²) in [5, 5.41) is 0.901. The van der Waals surface area contributed by atoms with Crippen molar-refractivity contribution in [2.75, 3.05) is 19.5 Å². The van der Waals surface area contributed by atoms with Crippen LogP contribution in [-0.2, 0) is 26.2 Å². The Morgan fingerprint density at radius 3 is 2.33 bits per heavy atom. The van der Waals surface area contributed by atoms with Crippen molar-refractivity contribution >= 4 is 27.0 Å². The molecule has 0 amide bonds. The quantitative estimate of drug-likeness (QED) is 0.233. The minimum absolute atomic E-state index is 0.296. The van der Waals surface area contributed by atoms with Crippen molar-refractivity contribution in [3.8, 4) is 17.2 Å². The summed E-state index contributed by atoms with van der Waals surface area (Å²) in [6.45, 7) is 6.65. The second-order valence-corrected chi connectivity index (χ2v) is 9.60. The number of carbonyl (C=O) groups is 1. The molecule has 0 aliphatic rings. The standard InChI is InChI=1S/C24H29NO7S/c1-5-29-23(26)24(2,3)31-20-9-7-19(8-10-20)30-16-6-14-25-15-13-18-17-21(11-12-22(18)25)32-33(4,27)28/h7-13,15,17H,5-6,14,16H2,1-4H3. The van der Waals surface area contributed by atoms with Crippen LogP contribution in [0.3, 0.4) is 0 Å². The molecule has 0 fully saturated rings. The molecule has 1 heterocycles. The predicted molar refractivity (Wildman–Crippen MR) is 125 cm³/mol. The van der Waals surface area contributed by atoms with Crippen LogP contribution in [-0.4, -0.2) is 44.0 Å². The largest absolute Gasteiger partial charge is 0.494 e. The van der Waals surface area contributed by atoms with Crippen molar-refractivity contribution in [2.24, 2.45) is 0 Å². The summed E-state index contributed by atoms with van der Waals surface area (Å²) >= 11 is 0. The molecule has 0 spiro atoms. The van der Waals surface area contributed by atoms with E-state index in [9.17, 15) is 13.2 Å². The first-order valence-corrected chi connectivity index (χ1v) is 12.5. The number of hydrogen-bond donors (Lipinski definition) is 0. The van der Waals surface area contributed by atoms with E-state index in [0.29, 0.717) is 30.5 Å². The summed E-state index contributed by atoms with van der Waals surface area (Å²) in [5.74, 6) is 1.14. The van der Waals surface area contributed by atoms with Crippen molar-refractivity contribution in [2.45, 2.75) is 39.3 Å². The molecule has 0 atom stereocenters. The van der Waals surface area contributed by atoms with Crippen molar-refractivity contribution in [1.29, 1.82) is 0 Å². The van der Waals surface area contributed by atoms with Crippen molar-refractivity contribution in [3.05, 3.63) is 54.7 Å². The molecule has 0 N–H and O–H groups in total. The van der Waals surface area contributed by atoms with Crippen LogP contribution >= 0.6 is 0 Å². The van der Waals surface area contributed by atoms with E-state index >= 15 is 0 Å². The van der Waals surface area contributed by atoms with Crippen LogP contribution in [0.5, 0.6) is 17.2 Å². The summed E-state index contributed by atoms with van der Waals surface area (Å²) in [5.41, 5.74) is -0.0862. The van der Waals surface area contributed by atoms with Crippen LogP contribution in [0, 0.1) is 0 Å². The molecule has 0 bridgehead atoms. The Hall–Kier alpha value is -3.20. The highest BCUT2D eigenvalue weighted by Gasteiger charge is 2.31. The number of aryl methyl sites for hydroxylation is 1.